The van der Waals surface area contributed by atoms with Crippen LogP contribution in [0.2, 0.25) is 0 Å². The van der Waals surface area contributed by atoms with Gasteiger partial charge in [0.25, 0.3) is 11.5 Å². The average Bonchev–Trinajstić information content (AvgIpc) is 2.81. The maximum Gasteiger partial charge on any atom is 0.416 e. The molecule has 9 nitrogen and oxygen atoms in total. The first-order valence-corrected chi connectivity index (χ1v) is 10.1. The number of rotatable bonds is 6. The number of hydrazone groups is 1. The molecule has 12 heteroatoms. The molecular formula is C23H18F3N5O4. The molecular weight excluding hydrogens is 467 g/mol. The third-order valence-corrected chi connectivity index (χ3v) is 4.74. The van der Waals surface area contributed by atoms with E-state index < -0.39 is 28.8 Å². The van der Waals surface area contributed by atoms with E-state index in [-0.39, 0.29) is 28.4 Å². The Balaban J connectivity index is 1.96. The molecule has 3 rings (SSSR count). The van der Waals surface area contributed by atoms with Crippen LogP contribution >= 0.6 is 0 Å². The summed E-state index contributed by atoms with van der Waals surface area (Å²) in [4.78, 5) is 25.4. The molecule has 1 aromatic heterocycles. The molecule has 0 bridgehead atoms. The van der Waals surface area contributed by atoms with Crippen molar-refractivity contribution in [2.45, 2.75) is 20.0 Å². The summed E-state index contributed by atoms with van der Waals surface area (Å²) in [6.45, 7) is 3.37. The number of carbonyl (C=O) groups excluding carboxylic acids is 1. The number of benzene rings is 2. The van der Waals surface area contributed by atoms with Gasteiger partial charge in [0.05, 0.1) is 24.1 Å². The van der Waals surface area contributed by atoms with E-state index in [4.69, 9.17) is 4.74 Å². The number of halogens is 3. The van der Waals surface area contributed by atoms with Crippen molar-refractivity contribution < 1.29 is 27.8 Å². The number of phenolic OH excluding ortho intramolecular Hbond substituents is 1. The van der Waals surface area contributed by atoms with E-state index in [2.05, 4.69) is 15.6 Å². The molecule has 0 radical (unpaired) electrons. The van der Waals surface area contributed by atoms with E-state index in [1.54, 1.807) is 13.0 Å². The fourth-order valence-electron chi connectivity index (χ4n) is 3.04. The highest BCUT2D eigenvalue weighted by molar-refractivity contribution is 5.94. The molecule has 0 spiro atoms. The van der Waals surface area contributed by atoms with Gasteiger partial charge in [0.15, 0.2) is 17.2 Å². The van der Waals surface area contributed by atoms with Crippen molar-refractivity contribution in [3.05, 3.63) is 80.8 Å². The number of alkyl halides is 3. The summed E-state index contributed by atoms with van der Waals surface area (Å²) in [7, 11) is 0. The molecule has 35 heavy (non-hydrogen) atoms. The van der Waals surface area contributed by atoms with Gasteiger partial charge in [0.1, 0.15) is 11.6 Å². The third kappa shape index (κ3) is 5.47. The summed E-state index contributed by atoms with van der Waals surface area (Å²) < 4.78 is 45.2. The predicted molar refractivity (Wildman–Crippen MR) is 119 cm³/mol. The third-order valence-electron chi connectivity index (χ3n) is 4.74. The highest BCUT2D eigenvalue weighted by atomic mass is 19.4. The zero-order chi connectivity index (χ0) is 25.8. The number of ether oxygens (including phenoxy) is 1. The van der Waals surface area contributed by atoms with Crippen molar-refractivity contribution in [3.8, 4) is 23.3 Å². The van der Waals surface area contributed by atoms with Gasteiger partial charge in [-0.2, -0.15) is 33.3 Å². The number of carbonyl (C=O) groups is 1. The standard InChI is InChI=1S/C23H18F3N5O4/c1-3-35-19-9-14(7-8-18(19)32)12-28-29-21(33)20-13(2)17(11-27)22(34)31(30-20)16-6-4-5-15(10-16)23(24,25)26/h4-10,12,32H,3H2,1-2H3,(H,29,33)/b28-12+. The second kappa shape index (κ2) is 10.1. The average molecular weight is 485 g/mol. The molecule has 0 saturated carbocycles. The Morgan fingerprint density at radius 3 is 2.71 bits per heavy atom. The lowest BCUT2D eigenvalue weighted by atomic mass is 10.1. The molecule has 0 aliphatic heterocycles. The van der Waals surface area contributed by atoms with Crippen LogP contribution in [0.4, 0.5) is 13.2 Å². The van der Waals surface area contributed by atoms with Gasteiger partial charge in [0.2, 0.25) is 0 Å². The van der Waals surface area contributed by atoms with E-state index in [9.17, 15) is 33.1 Å². The highest BCUT2D eigenvalue weighted by Gasteiger charge is 2.31. The summed E-state index contributed by atoms with van der Waals surface area (Å²) in [5.41, 5.74) is -0.491. The van der Waals surface area contributed by atoms with E-state index in [1.165, 1.54) is 37.4 Å². The normalized spacial score (nSPS) is 11.3. The lowest BCUT2D eigenvalue weighted by molar-refractivity contribution is -0.137. The number of hydrogen-bond donors (Lipinski definition) is 2. The van der Waals surface area contributed by atoms with Crippen molar-refractivity contribution in [1.29, 1.82) is 5.26 Å². The maximum atomic E-state index is 13.1. The second-order valence-electron chi connectivity index (χ2n) is 7.08. The topological polar surface area (TPSA) is 130 Å². The fraction of sp³-hybridized carbons (Fsp3) is 0.174. The quantitative estimate of drug-likeness (QED) is 0.407. The summed E-state index contributed by atoms with van der Waals surface area (Å²) in [5.74, 6) is -0.763. The molecule has 1 heterocycles. The lowest BCUT2D eigenvalue weighted by Gasteiger charge is -2.12. The Hall–Kier alpha value is -4.66. The van der Waals surface area contributed by atoms with E-state index in [0.717, 1.165) is 12.1 Å². The number of aromatic nitrogens is 2. The zero-order valence-electron chi connectivity index (χ0n) is 18.4. The number of phenols is 1. The Morgan fingerprint density at radius 2 is 2.06 bits per heavy atom. The van der Waals surface area contributed by atoms with Gasteiger partial charge in [-0.3, -0.25) is 9.59 Å². The van der Waals surface area contributed by atoms with Crippen LogP contribution in [0.1, 0.15) is 39.7 Å². The molecule has 0 saturated heterocycles. The summed E-state index contributed by atoms with van der Waals surface area (Å²) >= 11 is 0. The minimum Gasteiger partial charge on any atom is -0.504 e. The monoisotopic (exact) mass is 485 g/mol. The van der Waals surface area contributed by atoms with Crippen LogP contribution in [0.15, 0.2) is 52.4 Å². The van der Waals surface area contributed by atoms with E-state index in [1.807, 2.05) is 0 Å². The van der Waals surface area contributed by atoms with Crippen LogP contribution in [0.5, 0.6) is 11.5 Å². The van der Waals surface area contributed by atoms with Crippen molar-refractivity contribution in [1.82, 2.24) is 15.2 Å². The number of aromatic hydroxyl groups is 1. The van der Waals surface area contributed by atoms with Crippen molar-refractivity contribution >= 4 is 12.1 Å². The van der Waals surface area contributed by atoms with Gasteiger partial charge >= 0.3 is 6.18 Å². The largest absolute Gasteiger partial charge is 0.504 e. The van der Waals surface area contributed by atoms with Gasteiger partial charge < -0.3 is 9.84 Å². The number of amides is 1. The van der Waals surface area contributed by atoms with Crippen molar-refractivity contribution in [2.24, 2.45) is 5.10 Å². The maximum absolute atomic E-state index is 13.1. The smallest absolute Gasteiger partial charge is 0.416 e. The Labute approximate surface area is 196 Å². The first-order chi connectivity index (χ1) is 16.6. The van der Waals surface area contributed by atoms with Crippen molar-refractivity contribution in [3.63, 3.8) is 0 Å². The molecule has 0 unspecified atom stereocenters. The number of nitriles is 1. The van der Waals surface area contributed by atoms with Crippen LogP contribution in [0.25, 0.3) is 5.69 Å². The van der Waals surface area contributed by atoms with Gasteiger partial charge in [0, 0.05) is 5.56 Å². The summed E-state index contributed by atoms with van der Waals surface area (Å²) in [5, 5.41) is 26.9. The summed E-state index contributed by atoms with van der Waals surface area (Å²) in [6, 6.07) is 9.82. The van der Waals surface area contributed by atoms with Crippen LogP contribution < -0.4 is 15.7 Å². The summed E-state index contributed by atoms with van der Waals surface area (Å²) in [6.07, 6.45) is -3.42. The molecule has 2 aromatic carbocycles. The number of nitrogens with zero attached hydrogens (tertiary/aromatic N) is 4. The molecule has 3 aromatic rings. The molecule has 180 valence electrons. The van der Waals surface area contributed by atoms with Crippen LogP contribution in [-0.4, -0.2) is 33.6 Å². The van der Waals surface area contributed by atoms with E-state index >= 15 is 0 Å². The first-order valence-electron chi connectivity index (χ1n) is 10.1. The fourth-order valence-corrected chi connectivity index (χ4v) is 3.04. The molecule has 0 aliphatic carbocycles. The van der Waals surface area contributed by atoms with Gasteiger partial charge in [-0.15, -0.1) is 0 Å². The first kappa shape index (κ1) is 25.0. The second-order valence-corrected chi connectivity index (χ2v) is 7.08. The Bertz CT molecular complexity index is 1410. The van der Waals surface area contributed by atoms with Crippen LogP contribution in [-0.2, 0) is 6.18 Å². The predicted octanol–water partition coefficient (Wildman–Crippen LogP) is 3.30. The zero-order valence-corrected chi connectivity index (χ0v) is 18.4. The molecule has 0 aliphatic rings. The van der Waals surface area contributed by atoms with Crippen LogP contribution in [0, 0.1) is 18.3 Å². The number of hydrogen-bond acceptors (Lipinski definition) is 7. The molecule has 1 amide bonds. The molecule has 0 atom stereocenters. The minimum atomic E-state index is -4.67. The molecule has 0 fully saturated rings. The minimum absolute atomic E-state index is 0.0586. The Morgan fingerprint density at radius 1 is 1.31 bits per heavy atom. The van der Waals surface area contributed by atoms with Gasteiger partial charge in [-0.05, 0) is 55.8 Å². The lowest BCUT2D eigenvalue weighted by Crippen LogP contribution is -2.31. The highest BCUT2D eigenvalue weighted by Crippen LogP contribution is 2.30. The molecule has 2 N–H and O–H groups in total. The SMILES string of the molecule is CCOc1cc(/C=N/NC(=O)c2nn(-c3cccc(C(F)(F)F)c3)c(=O)c(C#N)c2C)ccc1O. The van der Waals surface area contributed by atoms with Gasteiger partial charge in [-0.1, -0.05) is 6.07 Å². The number of nitrogens with one attached hydrogen (secondary N) is 1. The Kier molecular flexibility index (Phi) is 7.20. The van der Waals surface area contributed by atoms with Crippen molar-refractivity contribution in [2.75, 3.05) is 6.61 Å². The van der Waals surface area contributed by atoms with E-state index in [0.29, 0.717) is 22.9 Å². The van der Waals surface area contributed by atoms with Crippen LogP contribution in [0.3, 0.4) is 0 Å². The van der Waals surface area contributed by atoms with Gasteiger partial charge in [-0.25, -0.2) is 5.43 Å².